The largest absolute Gasteiger partial charge is 0.390 e. The first-order chi connectivity index (χ1) is 5.93. The van der Waals surface area contributed by atoms with Crippen molar-refractivity contribution in [2.75, 3.05) is 26.2 Å². The molecule has 0 aromatic heterocycles. The van der Waals surface area contributed by atoms with Gasteiger partial charge in [0.2, 0.25) is 0 Å². The Hall–Kier alpha value is -0.500. The Morgan fingerprint density at radius 3 is 2.42 bits per heavy atom. The van der Waals surface area contributed by atoms with Gasteiger partial charge in [-0.15, -0.1) is 0 Å². The summed E-state index contributed by atoms with van der Waals surface area (Å²) in [4.78, 5) is 2.48. The van der Waals surface area contributed by atoms with Gasteiger partial charge in [0.1, 0.15) is 0 Å². The second kappa shape index (κ2) is 8.60. The molecule has 1 rings (SSSR count). The van der Waals surface area contributed by atoms with Crippen LogP contribution in [0.4, 0.5) is 0 Å². The van der Waals surface area contributed by atoms with Crippen molar-refractivity contribution in [3.8, 4) is 0 Å². The summed E-state index contributed by atoms with van der Waals surface area (Å²) in [6, 6.07) is 0. The molecule has 1 N–H and O–H groups in total. The molecule has 0 amide bonds. The van der Waals surface area contributed by atoms with Crippen molar-refractivity contribution in [2.45, 2.75) is 26.7 Å². The highest BCUT2D eigenvalue weighted by molar-refractivity contribution is 4.69. The number of rotatable bonds is 4. The molecule has 0 unspecified atom stereocenters. The Bertz CT molecular complexity index is 96.0. The van der Waals surface area contributed by atoms with E-state index in [2.05, 4.69) is 16.8 Å². The number of hydrogen-bond donors (Lipinski definition) is 1. The van der Waals surface area contributed by atoms with Crippen molar-refractivity contribution in [1.82, 2.24) is 10.2 Å². The third-order valence-electron chi connectivity index (χ3n) is 1.92. The molecule has 1 heterocycles. The van der Waals surface area contributed by atoms with Gasteiger partial charge in [0.05, 0.1) is 0 Å². The molecule has 0 aromatic rings. The minimum absolute atomic E-state index is 1.05. The number of hydrogen-bond acceptors (Lipinski definition) is 2. The van der Waals surface area contributed by atoms with Crippen LogP contribution in [-0.4, -0.2) is 31.1 Å². The molecule has 0 bridgehead atoms. The molecule has 1 aliphatic rings. The average molecular weight is 170 g/mol. The molecule has 0 radical (unpaired) electrons. The summed E-state index contributed by atoms with van der Waals surface area (Å²) in [5.41, 5.74) is 0. The minimum atomic E-state index is 1.05. The fourth-order valence-corrected chi connectivity index (χ4v) is 1.33. The average Bonchev–Trinajstić information content (AvgIpc) is 2.61. The van der Waals surface area contributed by atoms with Crippen molar-refractivity contribution < 1.29 is 0 Å². The first kappa shape index (κ1) is 11.5. The van der Waals surface area contributed by atoms with E-state index in [0.29, 0.717) is 0 Å². The normalized spacial score (nSPS) is 16.5. The summed E-state index contributed by atoms with van der Waals surface area (Å²) in [7, 11) is 0. The molecule has 72 valence electrons. The standard InChI is InChI=1S/C8H16N2.C2H6/c1-2-9-5-8-10-6-3-4-7-10;1-2/h2,9H,1,3-8H2;1-2H3. The van der Waals surface area contributed by atoms with Crippen LogP contribution in [0.5, 0.6) is 0 Å². The molecule has 12 heavy (non-hydrogen) atoms. The maximum atomic E-state index is 3.60. The van der Waals surface area contributed by atoms with E-state index in [4.69, 9.17) is 0 Å². The van der Waals surface area contributed by atoms with E-state index in [1.165, 1.54) is 32.5 Å². The van der Waals surface area contributed by atoms with Crippen LogP contribution in [0.2, 0.25) is 0 Å². The third-order valence-corrected chi connectivity index (χ3v) is 1.92. The predicted octanol–water partition coefficient (Wildman–Crippen LogP) is 1.84. The first-order valence-electron chi connectivity index (χ1n) is 5.00. The molecular formula is C10H22N2. The van der Waals surface area contributed by atoms with Crippen LogP contribution in [0.1, 0.15) is 26.7 Å². The lowest BCUT2D eigenvalue weighted by Crippen LogP contribution is -2.27. The highest BCUT2D eigenvalue weighted by Crippen LogP contribution is 2.05. The molecule has 0 atom stereocenters. The molecule has 0 aromatic carbocycles. The van der Waals surface area contributed by atoms with Gasteiger partial charge in [-0.25, -0.2) is 0 Å². The van der Waals surface area contributed by atoms with Gasteiger partial charge in [-0.3, -0.25) is 0 Å². The zero-order chi connectivity index (χ0) is 9.23. The molecule has 1 aliphatic heterocycles. The molecule has 0 saturated carbocycles. The van der Waals surface area contributed by atoms with Crippen LogP contribution in [0, 0.1) is 0 Å². The lowest BCUT2D eigenvalue weighted by molar-refractivity contribution is 0.342. The van der Waals surface area contributed by atoms with Crippen molar-refractivity contribution in [2.24, 2.45) is 0 Å². The Kier molecular flexibility index (Phi) is 8.24. The second-order valence-electron chi connectivity index (χ2n) is 2.71. The number of likely N-dealkylation sites (tertiary alicyclic amines) is 1. The predicted molar refractivity (Wildman–Crippen MR) is 55.2 cm³/mol. The molecule has 0 spiro atoms. The fraction of sp³-hybridized carbons (Fsp3) is 0.800. The quantitative estimate of drug-likeness (QED) is 0.648. The lowest BCUT2D eigenvalue weighted by atomic mass is 10.4. The summed E-state index contributed by atoms with van der Waals surface area (Å²) in [6.45, 7) is 12.4. The van der Waals surface area contributed by atoms with Crippen LogP contribution in [0.15, 0.2) is 12.8 Å². The van der Waals surface area contributed by atoms with E-state index in [0.717, 1.165) is 6.54 Å². The first-order valence-corrected chi connectivity index (χ1v) is 5.00. The Balaban J connectivity index is 0.000000561. The van der Waals surface area contributed by atoms with Crippen LogP contribution >= 0.6 is 0 Å². The number of nitrogens with one attached hydrogen (secondary N) is 1. The van der Waals surface area contributed by atoms with Gasteiger partial charge in [0, 0.05) is 13.1 Å². The van der Waals surface area contributed by atoms with E-state index in [-0.39, 0.29) is 0 Å². The van der Waals surface area contributed by atoms with Gasteiger partial charge >= 0.3 is 0 Å². The molecule has 2 heteroatoms. The van der Waals surface area contributed by atoms with Crippen molar-refractivity contribution >= 4 is 0 Å². The number of nitrogens with zero attached hydrogens (tertiary/aromatic N) is 1. The van der Waals surface area contributed by atoms with Gasteiger partial charge in [-0.05, 0) is 32.1 Å². The fourth-order valence-electron chi connectivity index (χ4n) is 1.33. The van der Waals surface area contributed by atoms with E-state index in [9.17, 15) is 0 Å². The van der Waals surface area contributed by atoms with Crippen molar-refractivity contribution in [3.05, 3.63) is 12.8 Å². The highest BCUT2D eigenvalue weighted by atomic mass is 15.1. The van der Waals surface area contributed by atoms with Gasteiger partial charge in [0.25, 0.3) is 0 Å². The summed E-state index contributed by atoms with van der Waals surface area (Å²) in [5, 5.41) is 3.10. The Morgan fingerprint density at radius 2 is 1.92 bits per heavy atom. The molecule has 2 nitrogen and oxygen atoms in total. The summed E-state index contributed by atoms with van der Waals surface area (Å²) >= 11 is 0. The zero-order valence-electron chi connectivity index (χ0n) is 8.47. The molecule has 0 aliphatic carbocycles. The van der Waals surface area contributed by atoms with Crippen molar-refractivity contribution in [3.63, 3.8) is 0 Å². The Morgan fingerprint density at radius 1 is 1.33 bits per heavy atom. The van der Waals surface area contributed by atoms with Gasteiger partial charge < -0.3 is 10.2 Å². The molecule has 1 saturated heterocycles. The monoisotopic (exact) mass is 170 g/mol. The van der Waals surface area contributed by atoms with E-state index < -0.39 is 0 Å². The Labute approximate surface area is 76.6 Å². The minimum Gasteiger partial charge on any atom is -0.390 e. The SMILES string of the molecule is C=CNCCN1CCCC1.CC. The summed E-state index contributed by atoms with van der Waals surface area (Å²) < 4.78 is 0. The summed E-state index contributed by atoms with van der Waals surface area (Å²) in [6.07, 6.45) is 4.53. The highest BCUT2D eigenvalue weighted by Gasteiger charge is 2.09. The van der Waals surface area contributed by atoms with Crippen LogP contribution < -0.4 is 5.32 Å². The summed E-state index contributed by atoms with van der Waals surface area (Å²) in [5.74, 6) is 0. The van der Waals surface area contributed by atoms with Gasteiger partial charge in [-0.1, -0.05) is 20.4 Å². The van der Waals surface area contributed by atoms with Gasteiger partial charge in [-0.2, -0.15) is 0 Å². The lowest BCUT2D eigenvalue weighted by Gasteiger charge is -2.13. The molecule has 1 fully saturated rings. The maximum absolute atomic E-state index is 3.60. The third kappa shape index (κ3) is 5.19. The van der Waals surface area contributed by atoms with E-state index >= 15 is 0 Å². The van der Waals surface area contributed by atoms with Gasteiger partial charge in [0.15, 0.2) is 0 Å². The topological polar surface area (TPSA) is 15.3 Å². The van der Waals surface area contributed by atoms with E-state index in [1.54, 1.807) is 6.20 Å². The smallest absolute Gasteiger partial charge is 0.0269 e. The zero-order valence-corrected chi connectivity index (χ0v) is 8.47. The van der Waals surface area contributed by atoms with Crippen LogP contribution in [0.25, 0.3) is 0 Å². The van der Waals surface area contributed by atoms with Crippen LogP contribution in [-0.2, 0) is 0 Å². The van der Waals surface area contributed by atoms with E-state index in [1.807, 2.05) is 13.8 Å². The van der Waals surface area contributed by atoms with Crippen LogP contribution in [0.3, 0.4) is 0 Å². The molecular weight excluding hydrogens is 148 g/mol. The second-order valence-corrected chi connectivity index (χ2v) is 2.71. The maximum Gasteiger partial charge on any atom is 0.0269 e. The van der Waals surface area contributed by atoms with Crippen molar-refractivity contribution in [1.29, 1.82) is 0 Å².